The van der Waals surface area contributed by atoms with E-state index < -0.39 is 0 Å². The summed E-state index contributed by atoms with van der Waals surface area (Å²) in [4.78, 5) is 0.944. The highest BCUT2D eigenvalue weighted by atomic mass is 32.2. The monoisotopic (exact) mass is 214 g/mol. The molecule has 0 unspecified atom stereocenters. The second-order valence-corrected chi connectivity index (χ2v) is 2.83. The predicted octanol–water partition coefficient (Wildman–Crippen LogP) is 3.60. The predicted molar refractivity (Wildman–Crippen MR) is 68.3 cm³/mol. The first-order chi connectivity index (χ1) is 6.74. The van der Waals surface area contributed by atoms with Crippen LogP contribution < -0.4 is 10.9 Å². The van der Waals surface area contributed by atoms with Crippen LogP contribution >= 0.6 is 11.9 Å². The third-order valence-electron chi connectivity index (χ3n) is 1.30. The van der Waals surface area contributed by atoms with Crippen LogP contribution in [0.3, 0.4) is 0 Å². The van der Waals surface area contributed by atoms with Crippen LogP contribution in [0.15, 0.2) is 23.1 Å². The average Bonchev–Trinajstić information content (AvgIpc) is 2.27. The average molecular weight is 214 g/mol. The molecule has 0 heterocycles. The van der Waals surface area contributed by atoms with Gasteiger partial charge in [-0.25, -0.2) is 0 Å². The van der Waals surface area contributed by atoms with Crippen LogP contribution in [-0.4, -0.2) is 0 Å². The molecule has 14 heavy (non-hydrogen) atoms. The summed E-state index contributed by atoms with van der Waals surface area (Å²) in [5.74, 6) is 0. The Hall–Kier alpha value is -0.670. The van der Waals surface area contributed by atoms with Crippen LogP contribution in [0.5, 0.6) is 0 Å². The molecule has 4 N–H and O–H groups in total. The maximum absolute atomic E-state index is 5.60. The smallest absolute Gasteiger partial charge is 0.0465 e. The maximum Gasteiger partial charge on any atom is 0.0465 e. The fraction of sp³-hybridized carbons (Fsp3) is 0.455. The Bertz CT molecular complexity index is 237. The van der Waals surface area contributed by atoms with E-state index in [4.69, 9.17) is 10.9 Å². The van der Waals surface area contributed by atoms with E-state index in [1.54, 1.807) is 0 Å². The lowest BCUT2D eigenvalue weighted by Crippen LogP contribution is -1.90. The molecule has 1 aromatic rings. The molecule has 0 saturated carbocycles. The van der Waals surface area contributed by atoms with Crippen molar-refractivity contribution in [3.05, 3.63) is 23.8 Å². The topological polar surface area (TPSA) is 52.0 Å². The molecule has 0 fully saturated rings. The highest BCUT2D eigenvalue weighted by molar-refractivity contribution is 7.97. The fourth-order valence-electron chi connectivity index (χ4n) is 0.744. The molecule has 0 aliphatic rings. The lowest BCUT2D eigenvalue weighted by Gasteiger charge is -2.01. The minimum absolute atomic E-state index is 0.748. The zero-order chi connectivity index (χ0) is 11.6. The Morgan fingerprint density at radius 1 is 1.07 bits per heavy atom. The molecule has 0 spiro atoms. The van der Waals surface area contributed by atoms with Gasteiger partial charge in [0.2, 0.25) is 0 Å². The third kappa shape index (κ3) is 5.89. The number of hydrogen-bond acceptors (Lipinski definition) is 3. The number of anilines is 1. The summed E-state index contributed by atoms with van der Waals surface area (Å²) in [6.07, 6.45) is 0. The maximum atomic E-state index is 5.60. The van der Waals surface area contributed by atoms with Gasteiger partial charge < -0.3 is 5.73 Å². The molecule has 3 heteroatoms. The number of hydrogen-bond donors (Lipinski definition) is 2. The summed E-state index contributed by atoms with van der Waals surface area (Å²) >= 11 is 1.18. The van der Waals surface area contributed by atoms with E-state index in [0.29, 0.717) is 0 Å². The second-order valence-electron chi connectivity index (χ2n) is 2.16. The highest BCUT2D eigenvalue weighted by Gasteiger charge is 1.95. The largest absolute Gasteiger partial charge is 0.398 e. The van der Waals surface area contributed by atoms with Gasteiger partial charge in [0, 0.05) is 10.6 Å². The molecule has 1 rings (SSSR count). The van der Waals surface area contributed by atoms with Gasteiger partial charge in [-0.05, 0) is 36.6 Å². The molecule has 0 radical (unpaired) electrons. The first kappa shape index (κ1) is 15.8. The van der Waals surface area contributed by atoms with E-state index in [1.807, 2.05) is 52.8 Å². The molecule has 0 bridgehead atoms. The first-order valence-electron chi connectivity index (χ1n) is 4.97. The lowest BCUT2D eigenvalue weighted by molar-refractivity contribution is 1.36. The summed E-state index contributed by atoms with van der Waals surface area (Å²) in [6, 6.07) is 5.81. The number of rotatable bonds is 1. The third-order valence-corrected chi connectivity index (χ3v) is 1.90. The molecule has 82 valence electrons. The van der Waals surface area contributed by atoms with Crippen LogP contribution in [0.4, 0.5) is 5.69 Å². The molecular formula is C11H22N2S. The molecule has 0 saturated heterocycles. The summed E-state index contributed by atoms with van der Waals surface area (Å²) < 4.78 is 0. The highest BCUT2D eigenvalue weighted by Crippen LogP contribution is 2.20. The van der Waals surface area contributed by atoms with Crippen LogP contribution in [-0.2, 0) is 0 Å². The Morgan fingerprint density at radius 3 is 1.93 bits per heavy atom. The van der Waals surface area contributed by atoms with Crippen molar-refractivity contribution in [3.8, 4) is 0 Å². The molecule has 0 aliphatic carbocycles. The van der Waals surface area contributed by atoms with E-state index in [9.17, 15) is 0 Å². The van der Waals surface area contributed by atoms with Gasteiger partial charge in [0.15, 0.2) is 0 Å². The molecule has 0 aliphatic heterocycles. The van der Waals surface area contributed by atoms with Gasteiger partial charge in [0.1, 0.15) is 0 Å². The zero-order valence-electron chi connectivity index (χ0n) is 9.79. The Kier molecular flexibility index (Phi) is 11.7. The van der Waals surface area contributed by atoms with Gasteiger partial charge in [0.05, 0.1) is 0 Å². The van der Waals surface area contributed by atoms with Crippen molar-refractivity contribution in [1.29, 1.82) is 0 Å². The van der Waals surface area contributed by atoms with E-state index >= 15 is 0 Å². The van der Waals surface area contributed by atoms with Crippen molar-refractivity contribution < 1.29 is 0 Å². The molecule has 0 atom stereocenters. The van der Waals surface area contributed by atoms with Gasteiger partial charge in [0.25, 0.3) is 0 Å². The minimum Gasteiger partial charge on any atom is -0.398 e. The van der Waals surface area contributed by atoms with Crippen molar-refractivity contribution in [3.63, 3.8) is 0 Å². The summed E-state index contributed by atoms with van der Waals surface area (Å²) in [5, 5.41) is 5.36. The van der Waals surface area contributed by atoms with Crippen molar-refractivity contribution in [2.75, 3.05) is 5.73 Å². The second kappa shape index (κ2) is 10.4. The molecule has 1 aromatic carbocycles. The van der Waals surface area contributed by atoms with Gasteiger partial charge in [-0.2, -0.15) is 0 Å². The Labute approximate surface area is 92.2 Å². The normalized spacial score (nSPS) is 7.86. The van der Waals surface area contributed by atoms with Crippen LogP contribution in [0.25, 0.3) is 0 Å². The summed E-state index contributed by atoms with van der Waals surface area (Å²) in [6.45, 7) is 10.0. The Morgan fingerprint density at radius 2 is 1.57 bits per heavy atom. The van der Waals surface area contributed by atoms with E-state index in [0.717, 1.165) is 10.6 Å². The Balaban J connectivity index is 0. The number of nitrogen functional groups attached to an aromatic ring is 1. The van der Waals surface area contributed by atoms with Crippen molar-refractivity contribution in [1.82, 2.24) is 0 Å². The van der Waals surface area contributed by atoms with Gasteiger partial charge in [-0.1, -0.05) is 33.8 Å². The molecular weight excluding hydrogens is 192 g/mol. The number of nitrogens with two attached hydrogens (primary N) is 2. The van der Waals surface area contributed by atoms with Crippen LogP contribution in [0, 0.1) is 6.92 Å². The standard InChI is InChI=1S/C7H10N2S.2C2H6/c1-5-2-3-6(8)7(4-5)10-9;2*1-2/h2-4H,8-9H2,1H3;2*1-2H3. The van der Waals surface area contributed by atoms with Crippen LogP contribution in [0.2, 0.25) is 0 Å². The lowest BCUT2D eigenvalue weighted by atomic mass is 10.2. The van der Waals surface area contributed by atoms with Crippen LogP contribution in [0.1, 0.15) is 33.3 Å². The number of aryl methyl sites for hydroxylation is 1. The van der Waals surface area contributed by atoms with Gasteiger partial charge in [-0.3, -0.25) is 5.14 Å². The van der Waals surface area contributed by atoms with Gasteiger partial charge >= 0.3 is 0 Å². The first-order valence-corrected chi connectivity index (χ1v) is 5.85. The number of benzene rings is 1. The minimum atomic E-state index is 0.748. The summed E-state index contributed by atoms with van der Waals surface area (Å²) in [5.41, 5.74) is 7.53. The van der Waals surface area contributed by atoms with Crippen molar-refractivity contribution in [2.24, 2.45) is 5.14 Å². The SMILES string of the molecule is CC.CC.Cc1ccc(N)c(SN)c1. The zero-order valence-corrected chi connectivity index (χ0v) is 10.6. The molecule has 0 aromatic heterocycles. The fourth-order valence-corrected chi connectivity index (χ4v) is 1.20. The van der Waals surface area contributed by atoms with E-state index in [1.165, 1.54) is 17.5 Å². The van der Waals surface area contributed by atoms with Crippen molar-refractivity contribution in [2.45, 2.75) is 39.5 Å². The van der Waals surface area contributed by atoms with E-state index in [2.05, 4.69) is 0 Å². The van der Waals surface area contributed by atoms with E-state index in [-0.39, 0.29) is 0 Å². The molecule has 0 amide bonds. The van der Waals surface area contributed by atoms with Gasteiger partial charge in [-0.15, -0.1) is 0 Å². The molecule has 2 nitrogen and oxygen atoms in total. The summed E-state index contributed by atoms with van der Waals surface area (Å²) in [7, 11) is 0. The quantitative estimate of drug-likeness (QED) is 0.555. The van der Waals surface area contributed by atoms with Crippen molar-refractivity contribution >= 4 is 17.6 Å².